The second kappa shape index (κ2) is 11.0. The summed E-state index contributed by atoms with van der Waals surface area (Å²) < 4.78 is 12.6. The fourth-order valence-electron chi connectivity index (χ4n) is 5.25. The van der Waals surface area contributed by atoms with Crippen molar-refractivity contribution < 1.29 is 23.9 Å². The lowest BCUT2D eigenvalue weighted by Crippen LogP contribution is -2.49. The summed E-state index contributed by atoms with van der Waals surface area (Å²) in [6.45, 7) is 5.85. The lowest BCUT2D eigenvalue weighted by atomic mass is 9.75. The van der Waals surface area contributed by atoms with E-state index in [2.05, 4.69) is 6.58 Å². The molecule has 1 atom stereocenters. The van der Waals surface area contributed by atoms with Crippen LogP contribution in [0.25, 0.3) is 10.9 Å². The number of rotatable bonds is 10. The van der Waals surface area contributed by atoms with Crippen LogP contribution in [0.2, 0.25) is 0 Å². The number of benzene rings is 2. The number of esters is 1. The highest BCUT2D eigenvalue weighted by molar-refractivity contribution is 6.24. The number of methoxy groups -OCH3 is 1. The molecule has 0 saturated heterocycles. The number of hydrogen-bond donors (Lipinski definition) is 0. The van der Waals surface area contributed by atoms with Crippen LogP contribution in [0.3, 0.4) is 0 Å². The van der Waals surface area contributed by atoms with E-state index >= 15 is 0 Å². The van der Waals surface area contributed by atoms with Gasteiger partial charge in [-0.1, -0.05) is 42.8 Å². The molecule has 2 heterocycles. The summed E-state index contributed by atoms with van der Waals surface area (Å²) in [7, 11) is 3.39. The highest BCUT2D eigenvalue weighted by atomic mass is 16.5. The Balaban J connectivity index is 1.89. The van der Waals surface area contributed by atoms with E-state index in [4.69, 9.17) is 9.47 Å². The van der Waals surface area contributed by atoms with Crippen molar-refractivity contribution in [1.29, 1.82) is 0 Å². The standard InChI is InChI=1S/C30H34N2O5/c1-5-7-8-11-18-30(29(35)37-6-2)20-32(19-21-14-16-22(36-4)17-15-21)28(34)26-25(27(30)33)23-12-9-10-13-24(23)31(26)3/h5,9-10,12-17H,1,6-8,11,18-20H2,2-4H3. The molecule has 194 valence electrons. The molecule has 1 aliphatic heterocycles. The number of amides is 1. The molecule has 0 aliphatic carbocycles. The van der Waals surface area contributed by atoms with Crippen LogP contribution >= 0.6 is 0 Å². The van der Waals surface area contributed by atoms with E-state index in [1.165, 1.54) is 0 Å². The largest absolute Gasteiger partial charge is 0.497 e. The lowest BCUT2D eigenvalue weighted by molar-refractivity contribution is -0.153. The summed E-state index contributed by atoms with van der Waals surface area (Å²) in [6, 6.07) is 14.9. The Morgan fingerprint density at radius 2 is 1.84 bits per heavy atom. The van der Waals surface area contributed by atoms with Crippen molar-refractivity contribution in [2.24, 2.45) is 12.5 Å². The second-order valence-electron chi connectivity index (χ2n) is 9.48. The van der Waals surface area contributed by atoms with E-state index in [1.807, 2.05) is 54.6 Å². The molecule has 1 aliphatic rings. The molecule has 0 saturated carbocycles. The molecule has 7 heteroatoms. The van der Waals surface area contributed by atoms with E-state index < -0.39 is 11.4 Å². The summed E-state index contributed by atoms with van der Waals surface area (Å²) in [5.74, 6) is -0.496. The van der Waals surface area contributed by atoms with Crippen molar-refractivity contribution in [2.45, 2.75) is 39.2 Å². The zero-order valence-corrected chi connectivity index (χ0v) is 21.8. The highest BCUT2D eigenvalue weighted by Crippen LogP contribution is 2.41. The van der Waals surface area contributed by atoms with Crippen LogP contribution < -0.4 is 4.74 Å². The summed E-state index contributed by atoms with van der Waals surface area (Å²) in [5.41, 5.74) is 0.738. The van der Waals surface area contributed by atoms with E-state index in [0.29, 0.717) is 28.8 Å². The van der Waals surface area contributed by atoms with Crippen molar-refractivity contribution in [1.82, 2.24) is 9.47 Å². The smallest absolute Gasteiger partial charge is 0.321 e. The van der Waals surface area contributed by atoms with E-state index in [9.17, 15) is 14.4 Å². The molecule has 0 fully saturated rings. The summed E-state index contributed by atoms with van der Waals surface area (Å²) in [6.07, 6.45) is 4.30. The maximum absolute atomic E-state index is 14.5. The Bertz CT molecular complexity index is 1320. The lowest BCUT2D eigenvalue weighted by Gasteiger charge is -2.33. The fraction of sp³-hybridized carbons (Fsp3) is 0.367. The van der Waals surface area contributed by atoms with Gasteiger partial charge < -0.3 is 18.9 Å². The molecule has 0 N–H and O–H groups in total. The Hall–Kier alpha value is -3.87. The summed E-state index contributed by atoms with van der Waals surface area (Å²) in [4.78, 5) is 43.9. The normalized spacial score (nSPS) is 17.4. The van der Waals surface area contributed by atoms with Gasteiger partial charge in [-0.05, 0) is 49.9 Å². The van der Waals surface area contributed by atoms with Gasteiger partial charge in [0, 0.05) is 31.0 Å². The minimum Gasteiger partial charge on any atom is -0.497 e. The van der Waals surface area contributed by atoms with Gasteiger partial charge in [0.05, 0.1) is 19.3 Å². The number of Topliss-reactive ketones (excluding diaryl/α,β-unsaturated/α-hetero) is 1. The van der Waals surface area contributed by atoms with Crippen LogP contribution in [0, 0.1) is 5.41 Å². The Morgan fingerprint density at radius 3 is 2.51 bits per heavy atom. The van der Waals surface area contributed by atoms with E-state index in [0.717, 1.165) is 23.9 Å². The van der Waals surface area contributed by atoms with Crippen molar-refractivity contribution >= 4 is 28.6 Å². The van der Waals surface area contributed by atoms with Crippen molar-refractivity contribution in [3.8, 4) is 5.75 Å². The minimum absolute atomic E-state index is 0.0490. The minimum atomic E-state index is -1.51. The molecule has 1 unspecified atom stereocenters. The first-order valence-corrected chi connectivity index (χ1v) is 12.7. The van der Waals surface area contributed by atoms with Gasteiger partial charge in [-0.25, -0.2) is 0 Å². The molecule has 0 spiro atoms. The number of fused-ring (bicyclic) bond motifs is 3. The molecule has 0 radical (unpaired) electrons. The average Bonchev–Trinajstić information content (AvgIpc) is 3.17. The third kappa shape index (κ3) is 4.78. The quantitative estimate of drug-likeness (QED) is 0.162. The fourth-order valence-corrected chi connectivity index (χ4v) is 5.25. The van der Waals surface area contributed by atoms with Crippen LogP contribution in [0.4, 0.5) is 0 Å². The van der Waals surface area contributed by atoms with Gasteiger partial charge in [0.1, 0.15) is 16.9 Å². The zero-order chi connectivity index (χ0) is 26.6. The molecule has 3 aromatic rings. The number of carbonyl (C=O) groups is 3. The predicted molar refractivity (Wildman–Crippen MR) is 143 cm³/mol. The summed E-state index contributed by atoms with van der Waals surface area (Å²) in [5, 5.41) is 0.671. The molecule has 1 aromatic heterocycles. The second-order valence-corrected chi connectivity index (χ2v) is 9.48. The number of unbranched alkanes of at least 4 members (excludes halogenated alkanes) is 2. The van der Waals surface area contributed by atoms with E-state index in [1.54, 1.807) is 30.5 Å². The highest BCUT2D eigenvalue weighted by Gasteiger charge is 2.53. The molecule has 37 heavy (non-hydrogen) atoms. The third-order valence-corrected chi connectivity index (χ3v) is 7.18. The maximum Gasteiger partial charge on any atom is 0.321 e. The number of ketones is 1. The summed E-state index contributed by atoms with van der Waals surface area (Å²) >= 11 is 0. The number of nitrogens with zero attached hydrogens (tertiary/aromatic N) is 2. The average molecular weight is 503 g/mol. The monoisotopic (exact) mass is 502 g/mol. The number of aromatic nitrogens is 1. The maximum atomic E-state index is 14.5. The van der Waals surface area contributed by atoms with Gasteiger partial charge in [0.25, 0.3) is 5.91 Å². The van der Waals surface area contributed by atoms with Crippen LogP contribution in [0.15, 0.2) is 61.2 Å². The molecular weight excluding hydrogens is 468 g/mol. The molecule has 4 rings (SSSR count). The van der Waals surface area contributed by atoms with Crippen LogP contribution in [0.1, 0.15) is 59.0 Å². The number of allylic oxidation sites excluding steroid dienone is 1. The van der Waals surface area contributed by atoms with Gasteiger partial charge in [-0.3, -0.25) is 14.4 Å². The Kier molecular flexibility index (Phi) is 7.81. The van der Waals surface area contributed by atoms with E-state index in [-0.39, 0.29) is 37.8 Å². The zero-order valence-electron chi connectivity index (χ0n) is 21.8. The van der Waals surface area contributed by atoms with Crippen LogP contribution in [-0.4, -0.2) is 47.4 Å². The van der Waals surface area contributed by atoms with Gasteiger partial charge in [0.2, 0.25) is 0 Å². The number of ether oxygens (including phenoxy) is 2. The molecular formula is C30H34N2O5. The third-order valence-electron chi connectivity index (χ3n) is 7.18. The van der Waals surface area contributed by atoms with Gasteiger partial charge >= 0.3 is 5.97 Å². The van der Waals surface area contributed by atoms with Crippen molar-refractivity contribution in [3.05, 3.63) is 78.0 Å². The molecule has 2 aromatic carbocycles. The SMILES string of the molecule is C=CCCCCC1(C(=O)OCC)CN(Cc2ccc(OC)cc2)C(=O)c2c(c3ccccc3n2C)C1=O. The van der Waals surface area contributed by atoms with Crippen LogP contribution in [-0.2, 0) is 23.1 Å². The Morgan fingerprint density at radius 1 is 1.11 bits per heavy atom. The number of carbonyl (C=O) groups excluding carboxylic acids is 3. The first kappa shape index (κ1) is 26.2. The molecule has 7 nitrogen and oxygen atoms in total. The number of para-hydroxylation sites is 1. The van der Waals surface area contributed by atoms with Gasteiger partial charge in [0.15, 0.2) is 5.78 Å². The first-order chi connectivity index (χ1) is 17.9. The van der Waals surface area contributed by atoms with Gasteiger partial charge in [-0.2, -0.15) is 0 Å². The number of aryl methyl sites for hydroxylation is 1. The van der Waals surface area contributed by atoms with Gasteiger partial charge in [-0.15, -0.1) is 6.58 Å². The first-order valence-electron chi connectivity index (χ1n) is 12.7. The predicted octanol–water partition coefficient (Wildman–Crippen LogP) is 5.32. The molecule has 1 amide bonds. The molecule has 0 bridgehead atoms. The van der Waals surface area contributed by atoms with Crippen molar-refractivity contribution in [3.63, 3.8) is 0 Å². The van der Waals surface area contributed by atoms with Crippen molar-refractivity contribution in [2.75, 3.05) is 20.3 Å². The Labute approximate surface area is 217 Å². The number of hydrogen-bond acceptors (Lipinski definition) is 5. The van der Waals surface area contributed by atoms with Crippen LogP contribution in [0.5, 0.6) is 5.75 Å². The topological polar surface area (TPSA) is 77.8 Å².